The maximum absolute atomic E-state index is 14.0. The monoisotopic (exact) mass is 651 g/mol. The number of carbonyl (C=O) groups is 2. The Labute approximate surface area is 282 Å². The van der Waals surface area contributed by atoms with E-state index in [-0.39, 0.29) is 29.9 Å². The quantitative estimate of drug-likeness (QED) is 0.240. The van der Waals surface area contributed by atoms with Crippen LogP contribution in [0.1, 0.15) is 87.1 Å². The van der Waals surface area contributed by atoms with Crippen molar-refractivity contribution in [2.75, 3.05) is 26.7 Å². The molecule has 254 valence electrons. The molecule has 8 rings (SSSR count). The summed E-state index contributed by atoms with van der Waals surface area (Å²) in [4.78, 5) is 36.3. The van der Waals surface area contributed by atoms with Crippen molar-refractivity contribution in [3.8, 4) is 17.3 Å². The van der Waals surface area contributed by atoms with Crippen molar-refractivity contribution in [2.24, 2.45) is 24.8 Å². The third-order valence-electron chi connectivity index (χ3n) is 11.8. The molecule has 9 heteroatoms. The van der Waals surface area contributed by atoms with E-state index in [1.807, 2.05) is 24.1 Å². The zero-order valence-electron chi connectivity index (χ0n) is 28.8. The Morgan fingerprint density at radius 1 is 1.02 bits per heavy atom. The van der Waals surface area contributed by atoms with Gasteiger partial charge in [0.25, 0.3) is 5.91 Å². The number of aliphatic hydroxyl groups is 1. The first-order chi connectivity index (χ1) is 23.2. The number of hydrogen-bond acceptors (Lipinski definition) is 5. The smallest absolute Gasteiger partial charge is 0.254 e. The van der Waals surface area contributed by atoms with Crippen LogP contribution < -0.4 is 4.74 Å². The van der Waals surface area contributed by atoms with Crippen LogP contribution in [-0.2, 0) is 18.4 Å². The number of piperidine rings is 1. The fraction of sp³-hybridized carbons (Fsp3) is 0.564. The van der Waals surface area contributed by atoms with Crippen LogP contribution in [-0.4, -0.2) is 79.7 Å². The number of carbonyl (C=O) groups excluding carboxylic acids is 2. The molecule has 2 aliphatic heterocycles. The maximum atomic E-state index is 14.0. The molecule has 9 nitrogen and oxygen atoms in total. The highest BCUT2D eigenvalue weighted by molar-refractivity contribution is 6.00. The van der Waals surface area contributed by atoms with E-state index < -0.39 is 0 Å². The lowest BCUT2D eigenvalue weighted by atomic mass is 9.70. The second-order valence-corrected chi connectivity index (χ2v) is 15.2. The van der Waals surface area contributed by atoms with Crippen molar-refractivity contribution in [3.05, 3.63) is 47.5 Å². The Morgan fingerprint density at radius 3 is 2.54 bits per heavy atom. The number of aromatic nitrogens is 3. The second kappa shape index (κ2) is 12.2. The van der Waals surface area contributed by atoms with Crippen LogP contribution in [0.25, 0.3) is 33.5 Å². The number of likely N-dealkylation sites (tertiary alicyclic amines) is 2. The SMILES string of the molecule is CC[C@H]1CC[C@@H](C)CN1C(=O)c1cc(OC)c2c(c1)nc(-c1cc3cccc(C4CC(C(=O)N5CC[C@@H](O)C5)C4)c3n1CC1CC1)n2C. The lowest BCUT2D eigenvalue weighted by Crippen LogP contribution is -2.46. The number of amides is 2. The number of nitrogens with zero attached hydrogens (tertiary/aromatic N) is 5. The number of benzene rings is 2. The van der Waals surface area contributed by atoms with E-state index in [1.165, 1.54) is 29.3 Å². The molecule has 0 radical (unpaired) electrons. The summed E-state index contributed by atoms with van der Waals surface area (Å²) in [6.45, 7) is 7.26. The van der Waals surface area contributed by atoms with Crippen molar-refractivity contribution in [3.63, 3.8) is 0 Å². The Hall–Kier alpha value is -3.85. The zero-order valence-corrected chi connectivity index (χ0v) is 28.8. The van der Waals surface area contributed by atoms with E-state index in [4.69, 9.17) is 9.72 Å². The van der Waals surface area contributed by atoms with Gasteiger partial charge in [-0.3, -0.25) is 9.59 Å². The van der Waals surface area contributed by atoms with Gasteiger partial charge in [0.05, 0.1) is 29.9 Å². The number of rotatable bonds is 8. The van der Waals surface area contributed by atoms with Crippen molar-refractivity contribution < 1.29 is 19.4 Å². The summed E-state index contributed by atoms with van der Waals surface area (Å²) < 4.78 is 10.5. The third-order valence-corrected chi connectivity index (χ3v) is 11.8. The molecule has 2 amide bonds. The lowest BCUT2D eigenvalue weighted by molar-refractivity contribution is -0.138. The summed E-state index contributed by atoms with van der Waals surface area (Å²) >= 11 is 0. The van der Waals surface area contributed by atoms with Gasteiger partial charge in [-0.25, -0.2) is 4.98 Å². The second-order valence-electron chi connectivity index (χ2n) is 15.2. The number of methoxy groups -OCH3 is 1. The molecule has 0 unspecified atom stereocenters. The lowest BCUT2D eigenvalue weighted by Gasteiger charge is -2.38. The van der Waals surface area contributed by atoms with Gasteiger partial charge in [0, 0.05) is 56.1 Å². The fourth-order valence-electron chi connectivity index (χ4n) is 8.76. The van der Waals surface area contributed by atoms with Crippen LogP contribution in [0.2, 0.25) is 0 Å². The van der Waals surface area contributed by atoms with Crippen molar-refractivity contribution >= 4 is 33.8 Å². The predicted molar refractivity (Wildman–Crippen MR) is 187 cm³/mol. The van der Waals surface area contributed by atoms with E-state index in [2.05, 4.69) is 52.1 Å². The minimum atomic E-state index is -0.385. The molecule has 2 aliphatic carbocycles. The molecule has 2 aromatic heterocycles. The summed E-state index contributed by atoms with van der Waals surface area (Å²) in [5.74, 6) is 3.30. The molecule has 48 heavy (non-hydrogen) atoms. The Bertz CT molecular complexity index is 1880. The summed E-state index contributed by atoms with van der Waals surface area (Å²) in [6.07, 6.45) is 7.63. The predicted octanol–water partition coefficient (Wildman–Crippen LogP) is 6.35. The molecular formula is C39H49N5O4. The molecule has 4 aliphatic rings. The normalized spacial score (nSPS) is 26.0. The molecular weight excluding hydrogens is 602 g/mol. The van der Waals surface area contributed by atoms with Crippen molar-refractivity contribution in [2.45, 2.75) is 89.8 Å². The number of aliphatic hydroxyl groups excluding tert-OH is 1. The number of para-hydroxylation sites is 1. The summed E-state index contributed by atoms with van der Waals surface area (Å²) in [5.41, 5.74) is 5.94. The number of ether oxygens (including phenoxy) is 1. The van der Waals surface area contributed by atoms with Gasteiger partial charge in [-0.15, -0.1) is 0 Å². The molecule has 3 atom stereocenters. The van der Waals surface area contributed by atoms with E-state index in [1.54, 1.807) is 7.11 Å². The molecule has 4 fully saturated rings. The zero-order chi connectivity index (χ0) is 33.3. The molecule has 2 saturated heterocycles. The number of fused-ring (bicyclic) bond motifs is 2. The van der Waals surface area contributed by atoms with Gasteiger partial charge < -0.3 is 28.8 Å². The van der Waals surface area contributed by atoms with Gasteiger partial charge in [-0.05, 0) is 92.9 Å². The van der Waals surface area contributed by atoms with Gasteiger partial charge in [0.1, 0.15) is 11.3 Å². The van der Waals surface area contributed by atoms with Crippen LogP contribution in [0.4, 0.5) is 0 Å². The van der Waals surface area contributed by atoms with Crippen LogP contribution in [0.15, 0.2) is 36.4 Å². The largest absolute Gasteiger partial charge is 0.494 e. The average Bonchev–Trinajstić information content (AvgIpc) is 3.51. The highest BCUT2D eigenvalue weighted by Crippen LogP contribution is 2.47. The van der Waals surface area contributed by atoms with Gasteiger partial charge in [-0.1, -0.05) is 32.0 Å². The maximum Gasteiger partial charge on any atom is 0.254 e. The van der Waals surface area contributed by atoms with Crippen LogP contribution in [0, 0.1) is 17.8 Å². The number of β-amino-alcohol motifs (C(OH)–C–C–N with tert-alkyl or cyclic N) is 1. The van der Waals surface area contributed by atoms with Gasteiger partial charge in [-0.2, -0.15) is 0 Å². The highest BCUT2D eigenvalue weighted by atomic mass is 16.5. The molecule has 2 aromatic carbocycles. The Balaban J connectivity index is 1.16. The highest BCUT2D eigenvalue weighted by Gasteiger charge is 2.40. The third kappa shape index (κ3) is 5.38. The Kier molecular flexibility index (Phi) is 8.01. The summed E-state index contributed by atoms with van der Waals surface area (Å²) in [5, 5.41) is 11.2. The molecule has 4 aromatic rings. The van der Waals surface area contributed by atoms with Crippen LogP contribution in [0.5, 0.6) is 5.75 Å². The molecule has 0 spiro atoms. The summed E-state index contributed by atoms with van der Waals surface area (Å²) in [6, 6.07) is 13.0. The molecule has 4 heterocycles. The fourth-order valence-corrected chi connectivity index (χ4v) is 8.76. The molecule has 1 N–H and O–H groups in total. The topological polar surface area (TPSA) is 92.8 Å². The van der Waals surface area contributed by atoms with Crippen molar-refractivity contribution in [1.82, 2.24) is 23.9 Å². The van der Waals surface area contributed by atoms with Gasteiger partial charge >= 0.3 is 0 Å². The standard InChI is InChI=1S/C39H49N5O4/c1-5-29-12-9-23(2)20-43(29)39(47)28-17-32-36(34(19-28)48-4)41(3)37(40-32)33-18-25-7-6-8-31(35(25)44(33)21-24-10-11-24)26-15-27(16-26)38(46)42-14-13-30(45)22-42/h6-8,17-19,23-24,26-27,29-30,45H,5,9-16,20-22H2,1-4H3/t23-,26?,27?,29+,30-/m1/s1. The van der Waals surface area contributed by atoms with E-state index in [9.17, 15) is 14.7 Å². The minimum absolute atomic E-state index is 0.0341. The Morgan fingerprint density at radius 2 is 1.83 bits per heavy atom. The van der Waals surface area contributed by atoms with E-state index in [0.717, 1.165) is 67.7 Å². The average molecular weight is 652 g/mol. The first kappa shape index (κ1) is 31.4. The van der Waals surface area contributed by atoms with Crippen LogP contribution >= 0.6 is 0 Å². The molecule has 0 bridgehead atoms. The van der Waals surface area contributed by atoms with E-state index in [0.29, 0.717) is 48.6 Å². The van der Waals surface area contributed by atoms with Gasteiger partial charge in [0.2, 0.25) is 5.91 Å². The first-order valence-corrected chi connectivity index (χ1v) is 18.2. The summed E-state index contributed by atoms with van der Waals surface area (Å²) in [7, 11) is 3.72. The number of aryl methyl sites for hydroxylation is 1. The van der Waals surface area contributed by atoms with Crippen molar-refractivity contribution in [1.29, 1.82) is 0 Å². The van der Waals surface area contributed by atoms with Gasteiger partial charge in [0.15, 0.2) is 5.82 Å². The number of imidazole rings is 1. The molecule has 2 saturated carbocycles. The first-order valence-electron chi connectivity index (χ1n) is 18.2. The van der Waals surface area contributed by atoms with E-state index >= 15 is 0 Å². The minimum Gasteiger partial charge on any atom is -0.494 e. The van der Waals surface area contributed by atoms with Crippen LogP contribution in [0.3, 0.4) is 0 Å². The number of hydrogen-bond donors (Lipinski definition) is 1.